The van der Waals surface area contributed by atoms with E-state index >= 15 is 0 Å². The maximum atomic E-state index is 13.6. The van der Waals surface area contributed by atoms with Gasteiger partial charge in [0, 0.05) is 52.6 Å². The zero-order chi connectivity index (χ0) is 66.5. The molecule has 2 saturated heterocycles. The van der Waals surface area contributed by atoms with E-state index in [1.165, 1.54) is 84.9 Å². The van der Waals surface area contributed by atoms with Gasteiger partial charge in [0.2, 0.25) is 0 Å². The number of Topliss-reactive ketones (excluding diaryl/α,β-unsaturated/α-hetero) is 2. The minimum atomic E-state index is -2.67. The van der Waals surface area contributed by atoms with Crippen molar-refractivity contribution < 1.29 is 96.1 Å². The molecule has 0 aliphatic carbocycles. The number of anilines is 2. The van der Waals surface area contributed by atoms with Gasteiger partial charge in [0.05, 0.1) is 0 Å². The van der Waals surface area contributed by atoms with Crippen LogP contribution in [0.3, 0.4) is 0 Å². The Bertz CT molecular complexity index is 3210. The van der Waals surface area contributed by atoms with Crippen LogP contribution in [0.1, 0.15) is 77.3 Å². The van der Waals surface area contributed by atoms with E-state index in [9.17, 15) is 68.2 Å². The molecular formula is C56H66N12O22. The molecule has 14 N–H and O–H groups in total. The summed E-state index contributed by atoms with van der Waals surface area (Å²) in [6.07, 6.45) is -1.39. The first kappa shape index (κ1) is 69.2. The van der Waals surface area contributed by atoms with Crippen molar-refractivity contribution in [1.82, 2.24) is 10.1 Å². The van der Waals surface area contributed by atoms with E-state index in [2.05, 4.69) is 0 Å². The lowest BCUT2D eigenvalue weighted by Crippen LogP contribution is -2.61. The molecule has 2 unspecified atom stereocenters. The van der Waals surface area contributed by atoms with Crippen molar-refractivity contribution in [3.05, 3.63) is 128 Å². The zero-order valence-electron chi connectivity index (χ0n) is 48.9. The minimum absolute atomic E-state index is 0.0281. The first-order valence-electron chi connectivity index (χ1n) is 27.4. The highest BCUT2D eigenvalue weighted by atomic mass is 16.7. The molecule has 2 aliphatic rings. The summed E-state index contributed by atoms with van der Waals surface area (Å²) in [5, 5.41) is 22.2. The van der Waals surface area contributed by atoms with E-state index < -0.39 is 129 Å². The molecule has 0 aromatic heterocycles. The van der Waals surface area contributed by atoms with Gasteiger partial charge >= 0.3 is 47.8 Å². The van der Waals surface area contributed by atoms with Crippen LogP contribution in [-0.4, -0.2) is 139 Å². The number of hydroxylamine groups is 4. The number of nitrogens with two attached hydrogens (primary N) is 6. The zero-order valence-corrected chi connectivity index (χ0v) is 48.9. The van der Waals surface area contributed by atoms with Crippen molar-refractivity contribution in [3.63, 3.8) is 0 Å². The first-order chi connectivity index (χ1) is 42.2. The number of hydrogen-bond acceptors (Lipinski definition) is 30. The third kappa shape index (κ3) is 17.9. The maximum absolute atomic E-state index is 13.6. The van der Waals surface area contributed by atoms with Gasteiger partial charge in [-0.05, 0) is 87.1 Å². The van der Waals surface area contributed by atoms with Crippen LogP contribution in [0.25, 0.3) is 0 Å². The molecule has 34 heteroatoms. The molecule has 2 heterocycles. The van der Waals surface area contributed by atoms with Gasteiger partial charge in [-0.25, -0.2) is 58.6 Å². The fourth-order valence-electron chi connectivity index (χ4n) is 8.62. The summed E-state index contributed by atoms with van der Waals surface area (Å²) in [6.45, 7) is 3.50. The lowest BCUT2D eigenvalue weighted by molar-refractivity contribution is -0.445. The lowest BCUT2D eigenvalue weighted by Gasteiger charge is -2.31. The number of hydrogen-bond donors (Lipinski definition) is 8. The van der Waals surface area contributed by atoms with E-state index in [0.29, 0.717) is 12.8 Å². The Labute approximate surface area is 511 Å². The lowest BCUT2D eigenvalue weighted by atomic mass is 9.89. The van der Waals surface area contributed by atoms with Gasteiger partial charge in [-0.3, -0.25) is 21.1 Å². The van der Waals surface area contributed by atoms with Crippen LogP contribution >= 0.6 is 0 Å². The second-order valence-corrected chi connectivity index (χ2v) is 21.4. The summed E-state index contributed by atoms with van der Waals surface area (Å²) in [6, 6.07) is 18.0. The summed E-state index contributed by atoms with van der Waals surface area (Å²) < 4.78 is 32.2. The molecule has 0 amide bonds. The molecule has 4 aromatic rings. The number of rotatable bonds is 29. The van der Waals surface area contributed by atoms with Gasteiger partial charge in [-0.1, -0.05) is 60.7 Å². The number of nitro groups is 2. The molecule has 0 radical (unpaired) electrons. The third-order valence-corrected chi connectivity index (χ3v) is 13.8. The van der Waals surface area contributed by atoms with E-state index in [0.717, 1.165) is 37.8 Å². The second-order valence-electron chi connectivity index (χ2n) is 21.4. The molecule has 2 aliphatic heterocycles. The van der Waals surface area contributed by atoms with Gasteiger partial charge in [0.25, 0.3) is 11.4 Å². The minimum Gasteiger partial charge on any atom is -0.431 e. The molecule has 34 nitrogen and oxygen atoms in total. The van der Waals surface area contributed by atoms with Gasteiger partial charge in [-0.2, -0.15) is 0 Å². The van der Waals surface area contributed by atoms with E-state index in [1.807, 2.05) is 10.9 Å². The highest BCUT2D eigenvalue weighted by molar-refractivity contribution is 6.12. The number of benzene rings is 4. The molecule has 2 fully saturated rings. The fraction of sp³-hybridized carbons (Fsp3) is 0.393. The van der Waals surface area contributed by atoms with Crippen LogP contribution in [-0.2, 0) is 79.9 Å². The Morgan fingerprint density at radius 1 is 0.511 bits per heavy atom. The van der Waals surface area contributed by atoms with Crippen LogP contribution in [0.4, 0.5) is 11.4 Å². The number of nitrogens with one attached hydrogen (secondary N) is 2. The number of carbonyl (C=O) groups excluding carboxylic acids is 10. The van der Waals surface area contributed by atoms with Crippen molar-refractivity contribution in [3.8, 4) is 23.0 Å². The average Bonchev–Trinajstić information content (AvgIpc) is 4.37. The number of ether oxygens (including phenoxy) is 6. The predicted octanol–water partition coefficient (Wildman–Crippen LogP) is -0.00980. The molecule has 0 saturated carbocycles. The van der Waals surface area contributed by atoms with Crippen molar-refractivity contribution >= 4 is 70.7 Å². The summed E-state index contributed by atoms with van der Waals surface area (Å²) in [4.78, 5) is 166. The maximum Gasteiger partial charge on any atom is 0.384 e. The fourth-order valence-corrected chi connectivity index (χ4v) is 8.62. The van der Waals surface area contributed by atoms with E-state index in [4.69, 9.17) is 72.5 Å². The van der Waals surface area contributed by atoms with Crippen molar-refractivity contribution in [2.24, 2.45) is 34.4 Å². The van der Waals surface area contributed by atoms with Crippen LogP contribution in [0, 0.1) is 20.2 Å². The van der Waals surface area contributed by atoms with Crippen LogP contribution in [0.2, 0.25) is 0 Å². The smallest absolute Gasteiger partial charge is 0.384 e. The Kier molecular flexibility index (Phi) is 22.6. The number of carbonyl (C=O) groups is 10. The Morgan fingerprint density at radius 2 is 0.833 bits per heavy atom. The molecule has 482 valence electrons. The Balaban J connectivity index is 0.965. The topological polar surface area (TPSA) is 517 Å². The quantitative estimate of drug-likeness (QED) is 0.00885. The predicted molar refractivity (Wildman–Crippen MR) is 306 cm³/mol. The Morgan fingerprint density at radius 3 is 1.18 bits per heavy atom. The van der Waals surface area contributed by atoms with Gasteiger partial charge in [0.15, 0.2) is 44.2 Å². The molecule has 6 rings (SSSR count). The van der Waals surface area contributed by atoms with Crippen LogP contribution < -0.4 is 64.2 Å². The summed E-state index contributed by atoms with van der Waals surface area (Å²) in [5.41, 5.74) is 30.1. The Hall–Kier alpha value is -9.94. The number of hydrazine groups is 2. The number of para-hydroxylation sites is 6. The molecule has 4 aromatic carbocycles. The molecule has 8 atom stereocenters. The SMILES string of the molecule is C[C@@](N)(C(=O)CCC(=O)[C@@](C)(N)C(=O)O[C@](C)(N)C(=O)ON1CCC[C@H]1C(=O)Oc1ccccc1CC(N)C(=O)Oc1ccccc1N[N+](=O)[O-])C(=O)O[C@](C)(N)C(=O)ON1CCC[C@H]1C(=O)Oc1ccccc1CC(N)C(=O)Oc1ccccc1N[N+](=O)[O-]. The molecule has 0 spiro atoms. The van der Waals surface area contributed by atoms with E-state index in [1.54, 1.807) is 12.1 Å². The monoisotopic (exact) mass is 1260 g/mol. The summed E-state index contributed by atoms with van der Waals surface area (Å²) in [5.74, 6) is -12.5. The molecule has 0 bridgehead atoms. The molecule has 90 heavy (non-hydrogen) atoms. The van der Waals surface area contributed by atoms with Crippen LogP contribution in [0.5, 0.6) is 23.0 Å². The number of ketones is 2. The standard InChI is InChI=1S/C56H66N12O22/c1-53(59,49(75)87-55(3,61)51(77)89-65-27-13-19-37(65)47(73)83-39-21-9-5-15-31(39)29-33(57)45(71)85-41-23-11-7-17-35(41)63-67(79)80)43(69)25-26-44(70)54(2,60)50(76)88-56(4,62)52(78)90-66-28-14-20-38(66)48(74)84-40-22-10-6-16-32(40)30-34(58)46(72)86-42-24-12-8-18-36(42)64-68(81)82/h5-12,15-18,21-24,33-34,37-38,63-64H,13-14,19-20,25-30,57-62H2,1-4H3/t33?,34?,37-,38-,53+,54+,55-,56-/m0/s1. The normalized spacial score (nSPS) is 18.2. The largest absolute Gasteiger partial charge is 0.431 e. The van der Waals surface area contributed by atoms with Crippen molar-refractivity contribution in [2.75, 3.05) is 23.9 Å². The van der Waals surface area contributed by atoms with Crippen LogP contribution in [0.15, 0.2) is 97.1 Å². The van der Waals surface area contributed by atoms with Gasteiger partial charge in [-0.15, -0.1) is 21.0 Å². The van der Waals surface area contributed by atoms with Crippen molar-refractivity contribution in [1.29, 1.82) is 0 Å². The highest BCUT2D eigenvalue weighted by Crippen LogP contribution is 2.30. The van der Waals surface area contributed by atoms with Crippen molar-refractivity contribution in [2.45, 2.75) is 126 Å². The van der Waals surface area contributed by atoms with Gasteiger partial charge < -0.3 is 61.0 Å². The first-order valence-corrected chi connectivity index (χ1v) is 27.4. The number of esters is 6. The molecular weight excluding hydrogens is 1190 g/mol. The highest BCUT2D eigenvalue weighted by Gasteiger charge is 2.49. The number of nitrogens with zero attached hydrogens (tertiary/aromatic N) is 4. The van der Waals surface area contributed by atoms with E-state index in [-0.39, 0.29) is 84.3 Å². The summed E-state index contributed by atoms with van der Waals surface area (Å²) in [7, 11) is 0. The summed E-state index contributed by atoms with van der Waals surface area (Å²) >= 11 is 0. The average molecular weight is 1260 g/mol. The van der Waals surface area contributed by atoms with Gasteiger partial charge in [0.1, 0.15) is 47.0 Å². The third-order valence-electron chi connectivity index (χ3n) is 13.8. The second kappa shape index (κ2) is 29.4.